The maximum Gasteiger partial charge on any atom is 0.321 e. The Labute approximate surface area is 123 Å². The fraction of sp³-hybridized carbons (Fsp3) is 0.125. The number of nitrogen functional groups attached to an aromatic ring is 1. The molecule has 3 amide bonds. The minimum atomic E-state index is -0.528. The molecule has 0 aliphatic rings. The molecule has 0 aliphatic heterocycles. The summed E-state index contributed by atoms with van der Waals surface area (Å²) >= 11 is 0. The summed E-state index contributed by atoms with van der Waals surface area (Å²) in [7, 11) is 0. The molecular formula is C16H17N3O2. The number of nitrogens with one attached hydrogen (secondary N) is 2. The molecule has 0 aromatic heterocycles. The molecule has 0 atom stereocenters. The summed E-state index contributed by atoms with van der Waals surface area (Å²) < 4.78 is 0. The number of benzene rings is 2. The monoisotopic (exact) mass is 283 g/mol. The van der Waals surface area contributed by atoms with E-state index in [4.69, 9.17) is 5.73 Å². The SMILES string of the molecule is Cc1ccccc1CNC(=O)NC(=O)c1ccc(N)cc1. The Morgan fingerprint density at radius 1 is 1.05 bits per heavy atom. The summed E-state index contributed by atoms with van der Waals surface area (Å²) in [6.45, 7) is 2.34. The van der Waals surface area contributed by atoms with Crippen LogP contribution in [-0.4, -0.2) is 11.9 Å². The number of hydrogen-bond acceptors (Lipinski definition) is 3. The molecule has 2 aromatic rings. The standard InChI is InChI=1S/C16H17N3O2/c1-11-4-2-3-5-13(11)10-18-16(21)19-15(20)12-6-8-14(17)9-7-12/h2-9H,10,17H2,1H3,(H2,18,19,20,21). The van der Waals surface area contributed by atoms with Crippen molar-refractivity contribution in [2.75, 3.05) is 5.73 Å². The molecule has 0 saturated carbocycles. The van der Waals surface area contributed by atoms with E-state index in [-0.39, 0.29) is 0 Å². The van der Waals surface area contributed by atoms with Crippen LogP contribution in [-0.2, 0) is 6.54 Å². The van der Waals surface area contributed by atoms with Crippen LogP contribution in [0.15, 0.2) is 48.5 Å². The van der Waals surface area contributed by atoms with Crippen LogP contribution in [0.3, 0.4) is 0 Å². The van der Waals surface area contributed by atoms with Crippen LogP contribution >= 0.6 is 0 Å². The van der Waals surface area contributed by atoms with Crippen LogP contribution in [0.25, 0.3) is 0 Å². The summed E-state index contributed by atoms with van der Waals surface area (Å²) in [5.74, 6) is -0.461. The van der Waals surface area contributed by atoms with E-state index in [0.717, 1.165) is 11.1 Å². The van der Waals surface area contributed by atoms with Crippen LogP contribution in [0.2, 0.25) is 0 Å². The highest BCUT2D eigenvalue weighted by Crippen LogP contribution is 2.06. The molecule has 0 bridgehead atoms. The van der Waals surface area contributed by atoms with Crippen LogP contribution in [0.5, 0.6) is 0 Å². The topological polar surface area (TPSA) is 84.2 Å². The van der Waals surface area contributed by atoms with Gasteiger partial charge in [-0.25, -0.2) is 4.79 Å². The first-order chi connectivity index (χ1) is 10.1. The first-order valence-corrected chi connectivity index (χ1v) is 6.55. The second-order valence-electron chi connectivity index (χ2n) is 4.69. The van der Waals surface area contributed by atoms with Gasteiger partial charge >= 0.3 is 6.03 Å². The summed E-state index contributed by atoms with van der Waals surface area (Å²) in [6, 6.07) is 13.6. The Morgan fingerprint density at radius 3 is 2.38 bits per heavy atom. The van der Waals surface area contributed by atoms with E-state index in [0.29, 0.717) is 17.8 Å². The summed E-state index contributed by atoms with van der Waals surface area (Å²) in [4.78, 5) is 23.5. The number of anilines is 1. The maximum atomic E-state index is 11.8. The van der Waals surface area contributed by atoms with Crippen molar-refractivity contribution in [3.8, 4) is 0 Å². The molecule has 0 saturated heterocycles. The molecule has 0 spiro atoms. The third kappa shape index (κ3) is 4.07. The van der Waals surface area contributed by atoms with E-state index in [1.165, 1.54) is 0 Å². The molecule has 0 aliphatic carbocycles. The third-order valence-corrected chi connectivity index (χ3v) is 3.10. The zero-order chi connectivity index (χ0) is 15.2. The van der Waals surface area contributed by atoms with Crippen LogP contribution in [0.4, 0.5) is 10.5 Å². The van der Waals surface area contributed by atoms with Gasteiger partial charge in [0.25, 0.3) is 5.91 Å². The first kappa shape index (κ1) is 14.6. The number of imide groups is 1. The van der Waals surface area contributed by atoms with Crippen LogP contribution in [0, 0.1) is 6.92 Å². The molecule has 5 heteroatoms. The average molecular weight is 283 g/mol. The van der Waals surface area contributed by atoms with Crippen molar-refractivity contribution in [1.82, 2.24) is 10.6 Å². The highest BCUT2D eigenvalue weighted by atomic mass is 16.2. The number of amides is 3. The number of hydrogen-bond donors (Lipinski definition) is 3. The average Bonchev–Trinajstić information content (AvgIpc) is 2.47. The van der Waals surface area contributed by atoms with Crippen molar-refractivity contribution in [3.05, 3.63) is 65.2 Å². The Bertz CT molecular complexity index is 651. The molecule has 0 unspecified atom stereocenters. The summed E-state index contributed by atoms with van der Waals surface area (Å²) in [6.07, 6.45) is 0. The Hall–Kier alpha value is -2.82. The first-order valence-electron chi connectivity index (χ1n) is 6.55. The van der Waals surface area contributed by atoms with Gasteiger partial charge in [0.2, 0.25) is 0 Å². The van der Waals surface area contributed by atoms with Crippen molar-refractivity contribution in [3.63, 3.8) is 0 Å². The number of rotatable bonds is 3. The van der Waals surface area contributed by atoms with Gasteiger partial charge in [-0.05, 0) is 42.3 Å². The van der Waals surface area contributed by atoms with Crippen LogP contribution < -0.4 is 16.4 Å². The lowest BCUT2D eigenvalue weighted by atomic mass is 10.1. The van der Waals surface area contributed by atoms with Crippen molar-refractivity contribution in [2.45, 2.75) is 13.5 Å². The van der Waals surface area contributed by atoms with Crippen LogP contribution in [0.1, 0.15) is 21.5 Å². The van der Waals surface area contributed by atoms with E-state index in [2.05, 4.69) is 10.6 Å². The number of aryl methyl sites for hydroxylation is 1. The molecule has 0 fully saturated rings. The van der Waals surface area contributed by atoms with Crippen molar-refractivity contribution < 1.29 is 9.59 Å². The normalized spacial score (nSPS) is 9.95. The smallest absolute Gasteiger partial charge is 0.321 e. The Morgan fingerprint density at radius 2 is 1.71 bits per heavy atom. The predicted molar refractivity (Wildman–Crippen MR) is 81.7 cm³/mol. The molecule has 0 heterocycles. The van der Waals surface area contributed by atoms with Crippen molar-refractivity contribution >= 4 is 17.6 Å². The molecule has 108 valence electrons. The lowest BCUT2D eigenvalue weighted by molar-refractivity contribution is 0.0964. The van der Waals surface area contributed by atoms with E-state index >= 15 is 0 Å². The molecule has 2 aromatic carbocycles. The number of carbonyl (C=O) groups is 2. The van der Waals surface area contributed by atoms with E-state index in [9.17, 15) is 9.59 Å². The molecule has 4 N–H and O–H groups in total. The number of nitrogens with two attached hydrogens (primary N) is 1. The van der Waals surface area contributed by atoms with E-state index < -0.39 is 11.9 Å². The third-order valence-electron chi connectivity index (χ3n) is 3.10. The number of carbonyl (C=O) groups excluding carboxylic acids is 2. The molecule has 0 radical (unpaired) electrons. The minimum Gasteiger partial charge on any atom is -0.399 e. The summed E-state index contributed by atoms with van der Waals surface area (Å²) in [5.41, 5.74) is 8.59. The molecular weight excluding hydrogens is 266 g/mol. The van der Waals surface area contributed by atoms with Gasteiger partial charge in [0.15, 0.2) is 0 Å². The lowest BCUT2D eigenvalue weighted by Gasteiger charge is -2.08. The number of urea groups is 1. The van der Waals surface area contributed by atoms with E-state index in [1.54, 1.807) is 24.3 Å². The van der Waals surface area contributed by atoms with Crippen molar-refractivity contribution in [1.29, 1.82) is 0 Å². The van der Waals surface area contributed by atoms with Gasteiger partial charge in [-0.1, -0.05) is 24.3 Å². The predicted octanol–water partition coefficient (Wildman–Crippen LogP) is 2.22. The van der Waals surface area contributed by atoms with Gasteiger partial charge in [0.05, 0.1) is 0 Å². The maximum absolute atomic E-state index is 11.8. The Balaban J connectivity index is 1.88. The van der Waals surface area contributed by atoms with Gasteiger partial charge in [-0.2, -0.15) is 0 Å². The Kier molecular flexibility index (Phi) is 4.56. The summed E-state index contributed by atoms with van der Waals surface area (Å²) in [5, 5.41) is 4.93. The van der Waals surface area contributed by atoms with Gasteiger partial charge in [0, 0.05) is 17.8 Å². The second kappa shape index (κ2) is 6.56. The fourth-order valence-corrected chi connectivity index (χ4v) is 1.84. The van der Waals surface area contributed by atoms with Gasteiger partial charge in [0.1, 0.15) is 0 Å². The molecule has 2 rings (SSSR count). The second-order valence-corrected chi connectivity index (χ2v) is 4.69. The minimum absolute atomic E-state index is 0.369. The van der Waals surface area contributed by atoms with E-state index in [1.807, 2.05) is 31.2 Å². The van der Waals surface area contributed by atoms with Crippen molar-refractivity contribution in [2.24, 2.45) is 0 Å². The fourth-order valence-electron chi connectivity index (χ4n) is 1.84. The quantitative estimate of drug-likeness (QED) is 0.755. The molecule has 21 heavy (non-hydrogen) atoms. The molecule has 5 nitrogen and oxygen atoms in total. The zero-order valence-electron chi connectivity index (χ0n) is 11.7. The lowest BCUT2D eigenvalue weighted by Crippen LogP contribution is -2.39. The van der Waals surface area contributed by atoms with Gasteiger partial charge in [-0.3, -0.25) is 10.1 Å². The highest BCUT2D eigenvalue weighted by Gasteiger charge is 2.09. The van der Waals surface area contributed by atoms with Gasteiger partial charge < -0.3 is 11.1 Å². The highest BCUT2D eigenvalue weighted by molar-refractivity contribution is 6.04. The largest absolute Gasteiger partial charge is 0.399 e. The zero-order valence-corrected chi connectivity index (χ0v) is 11.7. The van der Waals surface area contributed by atoms with Gasteiger partial charge in [-0.15, -0.1) is 0 Å².